The van der Waals surface area contributed by atoms with Crippen molar-refractivity contribution in [2.75, 3.05) is 5.32 Å². The highest BCUT2D eigenvalue weighted by Crippen LogP contribution is 2.40. The maximum absolute atomic E-state index is 11.8. The quantitative estimate of drug-likeness (QED) is 0.887. The smallest absolute Gasteiger partial charge is 0.231 e. The Morgan fingerprint density at radius 1 is 1.29 bits per heavy atom. The van der Waals surface area contributed by atoms with Crippen molar-refractivity contribution in [1.29, 1.82) is 0 Å². The number of carbonyl (C=O) groups is 1. The number of nitrogens with one attached hydrogen (secondary N) is 1. The molecular formula is C17H17ClN2O. The molecule has 108 valence electrons. The topological polar surface area (TPSA) is 55.1 Å². The van der Waals surface area contributed by atoms with E-state index in [4.69, 9.17) is 17.3 Å². The highest BCUT2D eigenvalue weighted by molar-refractivity contribution is 6.34. The van der Waals surface area contributed by atoms with Crippen LogP contribution in [0.4, 0.5) is 5.69 Å². The van der Waals surface area contributed by atoms with Gasteiger partial charge < -0.3 is 11.1 Å². The molecule has 0 fully saturated rings. The second-order valence-electron chi connectivity index (χ2n) is 5.51. The molecule has 2 aromatic rings. The molecule has 1 amide bonds. The number of hydrogen-bond donors (Lipinski definition) is 2. The molecule has 3 rings (SSSR count). The van der Waals surface area contributed by atoms with Gasteiger partial charge in [-0.3, -0.25) is 4.79 Å². The van der Waals surface area contributed by atoms with Crippen LogP contribution in [0, 0.1) is 6.92 Å². The molecule has 0 bridgehead atoms. The molecule has 0 spiro atoms. The predicted octanol–water partition coefficient (Wildman–Crippen LogP) is 3.75. The molecule has 4 heteroatoms. The van der Waals surface area contributed by atoms with Crippen LogP contribution in [0.1, 0.15) is 41.1 Å². The van der Waals surface area contributed by atoms with Crippen LogP contribution in [-0.4, -0.2) is 5.91 Å². The number of amides is 1. The van der Waals surface area contributed by atoms with Gasteiger partial charge in [-0.2, -0.15) is 0 Å². The first-order chi connectivity index (χ1) is 9.99. The van der Waals surface area contributed by atoms with Gasteiger partial charge in [-0.1, -0.05) is 41.9 Å². The Morgan fingerprint density at radius 3 is 2.71 bits per heavy atom. The van der Waals surface area contributed by atoms with Gasteiger partial charge >= 0.3 is 0 Å². The number of nitrogens with two attached hydrogens (primary N) is 1. The maximum Gasteiger partial charge on any atom is 0.231 e. The molecule has 0 saturated heterocycles. The zero-order valence-corrected chi connectivity index (χ0v) is 12.7. The summed E-state index contributed by atoms with van der Waals surface area (Å²) in [4.78, 5) is 11.8. The first kappa shape index (κ1) is 14.1. The summed E-state index contributed by atoms with van der Waals surface area (Å²) in [6.45, 7) is 3.92. The van der Waals surface area contributed by atoms with E-state index in [0.29, 0.717) is 5.02 Å². The number of carbonyl (C=O) groups excluding carboxylic acids is 1. The van der Waals surface area contributed by atoms with Gasteiger partial charge in [-0.15, -0.1) is 0 Å². The summed E-state index contributed by atoms with van der Waals surface area (Å²) in [5, 5.41) is 3.37. The van der Waals surface area contributed by atoms with E-state index in [1.165, 1.54) is 0 Å². The third-order valence-electron chi connectivity index (χ3n) is 4.13. The molecular weight excluding hydrogens is 284 g/mol. The minimum absolute atomic E-state index is 0.0199. The molecule has 1 aliphatic heterocycles. The van der Waals surface area contributed by atoms with E-state index in [1.807, 2.05) is 50.2 Å². The standard InChI is InChI=1S/C17H17ClN2O/c1-9-5-3-4-6-12(9)15(19)11-7-13-10(2)17(21)20-16(13)14(18)8-11/h3-8,10,15H,19H2,1-2H3,(H,20,21). The molecule has 2 unspecified atom stereocenters. The maximum atomic E-state index is 11.8. The summed E-state index contributed by atoms with van der Waals surface area (Å²) >= 11 is 6.31. The number of hydrogen-bond acceptors (Lipinski definition) is 2. The summed E-state index contributed by atoms with van der Waals surface area (Å²) in [6, 6.07) is 11.6. The van der Waals surface area contributed by atoms with Crippen LogP contribution in [-0.2, 0) is 4.79 Å². The van der Waals surface area contributed by atoms with Crippen molar-refractivity contribution < 1.29 is 4.79 Å². The Hall–Kier alpha value is -1.84. The summed E-state index contributed by atoms with van der Waals surface area (Å²) in [5.74, 6) is -0.213. The highest BCUT2D eigenvalue weighted by atomic mass is 35.5. The van der Waals surface area contributed by atoms with Crippen molar-refractivity contribution in [3.8, 4) is 0 Å². The average Bonchev–Trinajstić information content (AvgIpc) is 2.75. The fourth-order valence-electron chi connectivity index (χ4n) is 2.79. The minimum Gasteiger partial charge on any atom is -0.324 e. The van der Waals surface area contributed by atoms with Crippen LogP contribution in [0.3, 0.4) is 0 Å². The second kappa shape index (κ2) is 5.17. The van der Waals surface area contributed by atoms with Crippen LogP contribution in [0.15, 0.2) is 36.4 Å². The number of benzene rings is 2. The molecule has 2 aromatic carbocycles. The summed E-state index contributed by atoms with van der Waals surface area (Å²) in [5.41, 5.74) is 11.2. The molecule has 0 aromatic heterocycles. The Bertz CT molecular complexity index is 727. The minimum atomic E-state index is -0.253. The fraction of sp³-hybridized carbons (Fsp3) is 0.235. The van der Waals surface area contributed by atoms with E-state index in [1.54, 1.807) is 0 Å². The second-order valence-corrected chi connectivity index (χ2v) is 5.92. The average molecular weight is 301 g/mol. The first-order valence-electron chi connectivity index (χ1n) is 6.94. The van der Waals surface area contributed by atoms with E-state index < -0.39 is 0 Å². The SMILES string of the molecule is Cc1ccccc1C(N)c1cc(Cl)c2c(c1)C(C)C(=O)N2. The number of aryl methyl sites for hydroxylation is 1. The Labute approximate surface area is 129 Å². The van der Waals surface area contributed by atoms with Crippen molar-refractivity contribution in [1.82, 2.24) is 0 Å². The number of fused-ring (bicyclic) bond motifs is 1. The van der Waals surface area contributed by atoms with E-state index in [-0.39, 0.29) is 17.9 Å². The first-order valence-corrected chi connectivity index (χ1v) is 7.32. The molecule has 21 heavy (non-hydrogen) atoms. The van der Waals surface area contributed by atoms with E-state index in [0.717, 1.165) is 27.9 Å². The van der Waals surface area contributed by atoms with E-state index in [2.05, 4.69) is 5.32 Å². The van der Waals surface area contributed by atoms with Crippen molar-refractivity contribution in [3.63, 3.8) is 0 Å². The lowest BCUT2D eigenvalue weighted by Crippen LogP contribution is -2.13. The highest BCUT2D eigenvalue weighted by Gasteiger charge is 2.29. The third-order valence-corrected chi connectivity index (χ3v) is 4.43. The van der Waals surface area contributed by atoms with E-state index >= 15 is 0 Å². The normalized spacial score (nSPS) is 18.3. The predicted molar refractivity (Wildman–Crippen MR) is 85.7 cm³/mol. The fourth-order valence-corrected chi connectivity index (χ4v) is 3.07. The molecule has 0 radical (unpaired) electrons. The van der Waals surface area contributed by atoms with Crippen LogP contribution in [0.25, 0.3) is 0 Å². The number of anilines is 1. The monoisotopic (exact) mass is 300 g/mol. The Kier molecular flexibility index (Phi) is 3.47. The zero-order valence-electron chi connectivity index (χ0n) is 12.0. The summed E-state index contributed by atoms with van der Waals surface area (Å²) in [7, 11) is 0. The van der Waals surface area contributed by atoms with Crippen LogP contribution >= 0.6 is 11.6 Å². The lowest BCUT2D eigenvalue weighted by molar-refractivity contribution is -0.116. The third kappa shape index (κ3) is 2.33. The van der Waals surface area contributed by atoms with Gasteiger partial charge in [0.05, 0.1) is 22.7 Å². The van der Waals surface area contributed by atoms with Gasteiger partial charge in [-0.25, -0.2) is 0 Å². The van der Waals surface area contributed by atoms with Crippen LogP contribution in [0.2, 0.25) is 5.02 Å². The number of rotatable bonds is 2. The molecule has 3 nitrogen and oxygen atoms in total. The van der Waals surface area contributed by atoms with Gasteiger partial charge in [0, 0.05) is 0 Å². The summed E-state index contributed by atoms with van der Waals surface area (Å²) in [6.07, 6.45) is 0. The molecule has 3 N–H and O–H groups in total. The van der Waals surface area contributed by atoms with Gasteiger partial charge in [0.1, 0.15) is 0 Å². The molecule has 1 heterocycles. The van der Waals surface area contributed by atoms with Gasteiger partial charge in [0.2, 0.25) is 5.91 Å². The van der Waals surface area contributed by atoms with Gasteiger partial charge in [-0.05, 0) is 42.2 Å². The van der Waals surface area contributed by atoms with Gasteiger partial charge in [0.25, 0.3) is 0 Å². The van der Waals surface area contributed by atoms with Crippen molar-refractivity contribution in [3.05, 3.63) is 63.7 Å². The van der Waals surface area contributed by atoms with Crippen molar-refractivity contribution in [2.24, 2.45) is 5.73 Å². The van der Waals surface area contributed by atoms with E-state index in [9.17, 15) is 4.79 Å². The van der Waals surface area contributed by atoms with Crippen molar-refractivity contribution in [2.45, 2.75) is 25.8 Å². The Morgan fingerprint density at radius 2 is 2.00 bits per heavy atom. The summed E-state index contributed by atoms with van der Waals surface area (Å²) < 4.78 is 0. The zero-order chi connectivity index (χ0) is 15.1. The Balaban J connectivity index is 2.07. The largest absolute Gasteiger partial charge is 0.324 e. The lowest BCUT2D eigenvalue weighted by atomic mass is 9.92. The molecule has 2 atom stereocenters. The number of halogens is 1. The molecule has 0 aliphatic carbocycles. The molecule has 1 aliphatic rings. The molecule has 0 saturated carbocycles. The van der Waals surface area contributed by atoms with Crippen molar-refractivity contribution >= 4 is 23.2 Å². The van der Waals surface area contributed by atoms with Crippen LogP contribution < -0.4 is 11.1 Å². The van der Waals surface area contributed by atoms with Crippen LogP contribution in [0.5, 0.6) is 0 Å². The van der Waals surface area contributed by atoms with Gasteiger partial charge in [0.15, 0.2) is 0 Å². The lowest BCUT2D eigenvalue weighted by Gasteiger charge is -2.17.